The van der Waals surface area contributed by atoms with Gasteiger partial charge in [-0.1, -0.05) is 26.7 Å². The highest BCUT2D eigenvalue weighted by atomic mass is 16.4. The van der Waals surface area contributed by atoms with Crippen molar-refractivity contribution < 1.29 is 9.90 Å². The van der Waals surface area contributed by atoms with Gasteiger partial charge >= 0.3 is 5.97 Å². The molecular weight excluding hydrogens is 244 g/mol. The summed E-state index contributed by atoms with van der Waals surface area (Å²) in [4.78, 5) is 11.6. The Morgan fingerprint density at radius 1 is 1.47 bits per heavy atom. The second kappa shape index (κ2) is 5.67. The maximum atomic E-state index is 11.6. The van der Waals surface area contributed by atoms with E-state index in [9.17, 15) is 9.90 Å². The Kier molecular flexibility index (Phi) is 4.17. The van der Waals surface area contributed by atoms with Gasteiger partial charge in [0.15, 0.2) is 11.4 Å². The van der Waals surface area contributed by atoms with E-state index in [0.29, 0.717) is 12.8 Å². The maximum Gasteiger partial charge on any atom is 0.331 e. The van der Waals surface area contributed by atoms with Crippen LogP contribution in [-0.4, -0.2) is 31.3 Å². The van der Waals surface area contributed by atoms with Crippen LogP contribution in [0, 0.1) is 0 Å². The molecule has 19 heavy (non-hydrogen) atoms. The Morgan fingerprint density at radius 2 is 2.21 bits per heavy atom. The predicted octanol–water partition coefficient (Wildman–Crippen LogP) is 2.32. The van der Waals surface area contributed by atoms with Crippen LogP contribution in [0.15, 0.2) is 0 Å². The summed E-state index contributed by atoms with van der Waals surface area (Å²) >= 11 is 0. The number of aliphatic carboxylic acids is 1. The molecule has 1 unspecified atom stereocenters. The lowest BCUT2D eigenvalue weighted by Crippen LogP contribution is -2.49. The van der Waals surface area contributed by atoms with Gasteiger partial charge in [0.2, 0.25) is 0 Å². The molecule has 0 amide bonds. The highest BCUT2D eigenvalue weighted by molar-refractivity contribution is 5.77. The van der Waals surface area contributed by atoms with E-state index in [1.54, 1.807) is 4.68 Å². The van der Waals surface area contributed by atoms with E-state index in [-0.39, 0.29) is 5.92 Å². The topological polar surface area (TPSA) is 80.9 Å². The summed E-state index contributed by atoms with van der Waals surface area (Å²) in [5.74, 6) is 0.197. The lowest BCUT2D eigenvalue weighted by atomic mass is 9.76. The van der Waals surface area contributed by atoms with Crippen molar-refractivity contribution in [2.45, 2.75) is 70.3 Å². The van der Waals surface area contributed by atoms with Crippen molar-refractivity contribution in [2.24, 2.45) is 0 Å². The highest BCUT2D eigenvalue weighted by Crippen LogP contribution is 2.41. The van der Waals surface area contributed by atoms with Crippen LogP contribution in [0.2, 0.25) is 0 Å². The number of hydrogen-bond donors (Lipinski definition) is 1. The monoisotopic (exact) mass is 266 g/mol. The zero-order chi connectivity index (χ0) is 13.9. The van der Waals surface area contributed by atoms with Crippen LogP contribution in [0.25, 0.3) is 0 Å². The van der Waals surface area contributed by atoms with Crippen LogP contribution >= 0.6 is 0 Å². The third-order valence-corrected chi connectivity index (χ3v) is 4.24. The van der Waals surface area contributed by atoms with E-state index in [0.717, 1.165) is 37.9 Å². The van der Waals surface area contributed by atoms with E-state index in [1.165, 1.54) is 0 Å². The van der Waals surface area contributed by atoms with Gasteiger partial charge < -0.3 is 5.11 Å². The summed E-state index contributed by atoms with van der Waals surface area (Å²) in [6.45, 7) is 4.26. The minimum atomic E-state index is -0.890. The van der Waals surface area contributed by atoms with E-state index < -0.39 is 11.5 Å². The lowest BCUT2D eigenvalue weighted by Gasteiger charge is -2.38. The molecule has 0 radical (unpaired) electrons. The molecule has 0 saturated heterocycles. The zero-order valence-electron chi connectivity index (χ0n) is 11.7. The molecule has 6 heteroatoms. The Bertz CT molecular complexity index is 440. The maximum absolute atomic E-state index is 11.6. The van der Waals surface area contributed by atoms with Gasteiger partial charge in [0.1, 0.15) is 0 Å². The van der Waals surface area contributed by atoms with E-state index in [1.807, 2.05) is 0 Å². The van der Waals surface area contributed by atoms with Crippen molar-refractivity contribution in [1.29, 1.82) is 0 Å². The Hall–Kier alpha value is -1.46. The van der Waals surface area contributed by atoms with Gasteiger partial charge in [-0.3, -0.25) is 0 Å². The molecule has 1 aliphatic rings. The fraction of sp³-hybridized carbons (Fsp3) is 0.846. The molecule has 0 bridgehead atoms. The van der Waals surface area contributed by atoms with E-state index >= 15 is 0 Å². The van der Waals surface area contributed by atoms with Gasteiger partial charge in [0, 0.05) is 5.92 Å². The fourth-order valence-electron chi connectivity index (χ4n) is 2.75. The molecule has 1 heterocycles. The summed E-state index contributed by atoms with van der Waals surface area (Å²) in [7, 11) is 0. The largest absolute Gasteiger partial charge is 0.479 e. The highest BCUT2D eigenvalue weighted by Gasteiger charge is 2.49. The van der Waals surface area contributed by atoms with Crippen molar-refractivity contribution in [3.63, 3.8) is 0 Å². The number of unbranched alkanes of at least 4 members (excludes halogenated alkanes) is 1. The Morgan fingerprint density at radius 3 is 2.68 bits per heavy atom. The average molecular weight is 266 g/mol. The van der Waals surface area contributed by atoms with Crippen LogP contribution in [0.1, 0.15) is 70.5 Å². The van der Waals surface area contributed by atoms with Gasteiger partial charge in [-0.05, 0) is 42.5 Å². The molecule has 2 rings (SSSR count). The number of carbonyl (C=O) groups is 1. The van der Waals surface area contributed by atoms with Crippen LogP contribution in [0.3, 0.4) is 0 Å². The molecule has 1 aliphatic carbocycles. The summed E-state index contributed by atoms with van der Waals surface area (Å²) in [6, 6.07) is 0. The van der Waals surface area contributed by atoms with Gasteiger partial charge in [0.05, 0.1) is 0 Å². The van der Waals surface area contributed by atoms with Crippen LogP contribution < -0.4 is 0 Å². The van der Waals surface area contributed by atoms with Crippen LogP contribution in [-0.2, 0) is 10.3 Å². The predicted molar refractivity (Wildman–Crippen MR) is 69.8 cm³/mol. The molecule has 1 fully saturated rings. The number of carboxylic acids is 1. The molecule has 1 atom stereocenters. The molecule has 1 aromatic heterocycles. The minimum absolute atomic E-state index is 0.256. The molecular formula is C13H22N4O2. The lowest BCUT2D eigenvalue weighted by molar-refractivity contribution is -0.153. The molecule has 0 aromatic carbocycles. The first-order valence-corrected chi connectivity index (χ1v) is 7.18. The Balaban J connectivity index is 2.28. The third kappa shape index (κ3) is 2.35. The molecule has 106 valence electrons. The molecule has 6 nitrogen and oxygen atoms in total. The van der Waals surface area contributed by atoms with E-state index in [2.05, 4.69) is 29.4 Å². The number of carboxylic acid groups (broad SMARTS) is 1. The van der Waals surface area contributed by atoms with Crippen molar-refractivity contribution in [1.82, 2.24) is 20.2 Å². The quantitative estimate of drug-likeness (QED) is 0.819. The minimum Gasteiger partial charge on any atom is -0.479 e. The summed E-state index contributed by atoms with van der Waals surface area (Å²) in [5, 5.41) is 21.3. The van der Waals surface area contributed by atoms with E-state index in [4.69, 9.17) is 0 Å². The first kappa shape index (κ1) is 14.0. The zero-order valence-corrected chi connectivity index (χ0v) is 11.7. The smallest absolute Gasteiger partial charge is 0.331 e. The van der Waals surface area contributed by atoms with Gasteiger partial charge in [-0.25, -0.2) is 9.48 Å². The normalized spacial score (nSPS) is 18.8. The van der Waals surface area contributed by atoms with Gasteiger partial charge in [-0.2, -0.15) is 0 Å². The molecule has 1 aromatic rings. The number of rotatable bonds is 7. The number of aromatic nitrogens is 4. The third-order valence-electron chi connectivity index (χ3n) is 4.24. The first-order valence-electron chi connectivity index (χ1n) is 7.18. The first-order chi connectivity index (χ1) is 9.15. The standard InChI is InChI=1S/C13H22N4O2/c1-3-5-7-10(4-2)11-14-15-16-17(11)13(12(18)19)8-6-9-13/h10H,3-9H2,1-2H3,(H,18,19). The van der Waals surface area contributed by atoms with Crippen LogP contribution in [0.5, 0.6) is 0 Å². The number of tetrazole rings is 1. The number of hydrogen-bond acceptors (Lipinski definition) is 4. The summed E-state index contributed by atoms with van der Waals surface area (Å²) < 4.78 is 1.59. The van der Waals surface area contributed by atoms with Crippen molar-refractivity contribution in [2.75, 3.05) is 0 Å². The summed E-state index contributed by atoms with van der Waals surface area (Å²) in [6.07, 6.45) is 6.39. The average Bonchev–Trinajstić information content (AvgIpc) is 2.78. The van der Waals surface area contributed by atoms with Gasteiger partial charge in [0.25, 0.3) is 0 Å². The summed E-state index contributed by atoms with van der Waals surface area (Å²) in [5.41, 5.74) is -0.890. The van der Waals surface area contributed by atoms with Crippen molar-refractivity contribution >= 4 is 5.97 Å². The molecule has 1 saturated carbocycles. The second-order valence-electron chi connectivity index (χ2n) is 5.39. The SMILES string of the molecule is CCCCC(CC)c1nnnn1C1(C(=O)O)CCC1. The molecule has 0 aliphatic heterocycles. The second-order valence-corrected chi connectivity index (χ2v) is 5.39. The van der Waals surface area contributed by atoms with Crippen molar-refractivity contribution in [3.05, 3.63) is 5.82 Å². The fourth-order valence-corrected chi connectivity index (χ4v) is 2.75. The Labute approximate surface area is 113 Å². The van der Waals surface area contributed by atoms with Crippen molar-refractivity contribution in [3.8, 4) is 0 Å². The molecule has 0 spiro atoms. The van der Waals surface area contributed by atoms with Crippen LogP contribution in [0.4, 0.5) is 0 Å². The molecule has 1 N–H and O–H groups in total. The van der Waals surface area contributed by atoms with Gasteiger partial charge in [-0.15, -0.1) is 5.10 Å². The number of nitrogens with zero attached hydrogens (tertiary/aromatic N) is 4.